The van der Waals surface area contributed by atoms with Crippen molar-refractivity contribution in [1.82, 2.24) is 9.97 Å². The van der Waals surface area contributed by atoms with Crippen LogP contribution in [0, 0.1) is 0 Å². The lowest BCUT2D eigenvalue weighted by Gasteiger charge is -2.33. The third kappa shape index (κ3) is 3.88. The molecule has 1 spiro atoms. The van der Waals surface area contributed by atoms with E-state index in [1.807, 2.05) is 0 Å². The van der Waals surface area contributed by atoms with Crippen molar-refractivity contribution in [2.24, 2.45) is 0 Å². The van der Waals surface area contributed by atoms with Gasteiger partial charge in [0.1, 0.15) is 0 Å². The average molecular weight is 699 g/mol. The third-order valence-corrected chi connectivity index (χ3v) is 12.8. The molecule has 0 N–H and O–H groups in total. The SMILES string of the molecule is CC1(c2ccc3c(c2)C2(c4ccccc4-3)c3ccccc3-c3c(-c4cccc5ccccc45)nc(-c4ccccc4)nc32)c2ccccc2-c2ccccc21. The maximum Gasteiger partial charge on any atom is 0.160 e. The molecule has 3 aliphatic carbocycles. The predicted octanol–water partition coefficient (Wildman–Crippen LogP) is 12.6. The Labute approximate surface area is 320 Å². The Morgan fingerprint density at radius 1 is 0.400 bits per heavy atom. The molecule has 0 saturated carbocycles. The molecule has 0 amide bonds. The van der Waals surface area contributed by atoms with Crippen LogP contribution in [0.15, 0.2) is 188 Å². The number of nitrogens with zero attached hydrogens (tertiary/aromatic N) is 2. The number of benzene rings is 8. The smallest absolute Gasteiger partial charge is 0.160 e. The number of rotatable bonds is 3. The van der Waals surface area contributed by atoms with Gasteiger partial charge in [0, 0.05) is 22.1 Å². The van der Waals surface area contributed by atoms with Crippen molar-refractivity contribution in [2.45, 2.75) is 17.8 Å². The van der Waals surface area contributed by atoms with Gasteiger partial charge in [-0.05, 0) is 78.9 Å². The molecule has 2 heteroatoms. The largest absolute Gasteiger partial charge is 0.231 e. The van der Waals surface area contributed by atoms with Crippen LogP contribution in [0.2, 0.25) is 0 Å². The van der Waals surface area contributed by atoms with Crippen LogP contribution in [0.4, 0.5) is 0 Å². The minimum Gasteiger partial charge on any atom is -0.231 e. The summed E-state index contributed by atoms with van der Waals surface area (Å²) in [6.07, 6.45) is 0. The lowest BCUT2D eigenvalue weighted by molar-refractivity contribution is 0.703. The molecule has 1 atom stereocenters. The minimum absolute atomic E-state index is 0.339. The molecule has 1 unspecified atom stereocenters. The van der Waals surface area contributed by atoms with E-state index in [1.54, 1.807) is 0 Å². The molecule has 8 aromatic carbocycles. The molecule has 0 fully saturated rings. The first-order chi connectivity index (χ1) is 27.2. The van der Waals surface area contributed by atoms with E-state index in [9.17, 15) is 0 Å². The van der Waals surface area contributed by atoms with Crippen molar-refractivity contribution in [2.75, 3.05) is 0 Å². The molecule has 0 bridgehead atoms. The summed E-state index contributed by atoms with van der Waals surface area (Å²) in [6.45, 7) is 2.42. The van der Waals surface area contributed by atoms with Gasteiger partial charge in [-0.15, -0.1) is 0 Å². The zero-order chi connectivity index (χ0) is 36.3. The Kier molecular flexibility index (Phi) is 6.15. The molecule has 9 aromatic rings. The van der Waals surface area contributed by atoms with Gasteiger partial charge >= 0.3 is 0 Å². The van der Waals surface area contributed by atoms with Gasteiger partial charge in [-0.2, -0.15) is 0 Å². The van der Waals surface area contributed by atoms with E-state index < -0.39 is 5.41 Å². The summed E-state index contributed by atoms with van der Waals surface area (Å²) in [5.74, 6) is 0.738. The fourth-order valence-electron chi connectivity index (χ4n) is 10.4. The first-order valence-corrected chi connectivity index (χ1v) is 19.2. The van der Waals surface area contributed by atoms with Crippen LogP contribution in [0.3, 0.4) is 0 Å². The molecule has 1 heterocycles. The predicted molar refractivity (Wildman–Crippen MR) is 224 cm³/mol. The molecule has 0 aliphatic heterocycles. The number of hydrogen-bond donors (Lipinski definition) is 0. The first kappa shape index (κ1) is 30.6. The van der Waals surface area contributed by atoms with Crippen molar-refractivity contribution >= 4 is 10.8 Å². The summed E-state index contributed by atoms with van der Waals surface area (Å²) in [5.41, 5.74) is 18.4. The standard InChI is InChI=1S/C53H34N2/c1-52(43-26-11-7-21-37(43)38-22-8-12-27-44(38)52)35-30-31-40-39-23-9-13-28-45(39)53(47(40)32-35)46-29-14-10-24-42(46)48-49(41-25-15-19-33-16-5-6-20-36(33)41)54-51(55-50(48)53)34-17-3-2-4-18-34/h2-32H,1H3. The van der Waals surface area contributed by atoms with E-state index in [2.05, 4.69) is 195 Å². The van der Waals surface area contributed by atoms with Crippen molar-refractivity contribution in [3.8, 4) is 56.0 Å². The fraction of sp³-hybridized carbons (Fsp3) is 0.0566. The molecule has 0 saturated heterocycles. The number of hydrogen-bond acceptors (Lipinski definition) is 2. The lowest BCUT2D eigenvalue weighted by Crippen LogP contribution is -2.29. The summed E-state index contributed by atoms with van der Waals surface area (Å²) in [7, 11) is 0. The van der Waals surface area contributed by atoms with Crippen LogP contribution in [0.25, 0.3) is 66.8 Å². The third-order valence-electron chi connectivity index (χ3n) is 12.8. The van der Waals surface area contributed by atoms with Crippen LogP contribution < -0.4 is 0 Å². The molecular weight excluding hydrogens is 665 g/mol. The Balaban J connectivity index is 1.22. The van der Waals surface area contributed by atoms with Gasteiger partial charge in [0.05, 0.1) is 16.8 Å². The van der Waals surface area contributed by atoms with Crippen LogP contribution >= 0.6 is 0 Å². The quantitative estimate of drug-likeness (QED) is 0.184. The van der Waals surface area contributed by atoms with Crippen LogP contribution in [-0.4, -0.2) is 9.97 Å². The summed E-state index contributed by atoms with van der Waals surface area (Å²) >= 11 is 0. The van der Waals surface area contributed by atoms with Gasteiger partial charge in [0.25, 0.3) is 0 Å². The van der Waals surface area contributed by atoms with E-state index >= 15 is 0 Å². The summed E-state index contributed by atoms with van der Waals surface area (Å²) < 4.78 is 0. The molecule has 1 aromatic heterocycles. The molecular formula is C53H34N2. The highest BCUT2D eigenvalue weighted by molar-refractivity contribution is 6.04. The van der Waals surface area contributed by atoms with Crippen molar-refractivity contribution < 1.29 is 0 Å². The summed E-state index contributed by atoms with van der Waals surface area (Å²) in [6, 6.07) is 69.0. The van der Waals surface area contributed by atoms with Gasteiger partial charge in [0.15, 0.2) is 5.82 Å². The van der Waals surface area contributed by atoms with Gasteiger partial charge in [-0.25, -0.2) is 9.97 Å². The second kappa shape index (κ2) is 11.1. The van der Waals surface area contributed by atoms with Gasteiger partial charge in [0.2, 0.25) is 0 Å². The lowest BCUT2D eigenvalue weighted by atomic mass is 9.69. The van der Waals surface area contributed by atoms with Gasteiger partial charge < -0.3 is 0 Å². The normalized spacial score (nSPS) is 16.3. The van der Waals surface area contributed by atoms with Crippen molar-refractivity contribution in [3.05, 3.63) is 227 Å². The monoisotopic (exact) mass is 698 g/mol. The van der Waals surface area contributed by atoms with Gasteiger partial charge in [-0.1, -0.05) is 188 Å². The second-order valence-corrected chi connectivity index (χ2v) is 15.3. The summed E-state index contributed by atoms with van der Waals surface area (Å²) in [4.78, 5) is 11.3. The van der Waals surface area contributed by atoms with Crippen molar-refractivity contribution in [1.29, 1.82) is 0 Å². The molecule has 2 nitrogen and oxygen atoms in total. The van der Waals surface area contributed by atoms with Crippen LogP contribution in [0.1, 0.15) is 46.0 Å². The van der Waals surface area contributed by atoms with E-state index in [0.717, 1.165) is 33.9 Å². The molecule has 55 heavy (non-hydrogen) atoms. The number of aromatic nitrogens is 2. The topological polar surface area (TPSA) is 25.8 Å². The highest BCUT2D eigenvalue weighted by Gasteiger charge is 2.55. The Hall–Kier alpha value is -6.90. The van der Waals surface area contributed by atoms with E-state index in [1.165, 1.54) is 72.0 Å². The maximum absolute atomic E-state index is 5.74. The van der Waals surface area contributed by atoms with Crippen LogP contribution in [0.5, 0.6) is 0 Å². The van der Waals surface area contributed by atoms with E-state index in [0.29, 0.717) is 0 Å². The highest BCUT2D eigenvalue weighted by Crippen LogP contribution is 2.64. The Bertz CT molecular complexity index is 3020. The second-order valence-electron chi connectivity index (χ2n) is 15.3. The van der Waals surface area contributed by atoms with E-state index in [-0.39, 0.29) is 5.41 Å². The van der Waals surface area contributed by atoms with Gasteiger partial charge in [-0.3, -0.25) is 0 Å². The zero-order valence-corrected chi connectivity index (χ0v) is 30.3. The maximum atomic E-state index is 5.74. The Morgan fingerprint density at radius 2 is 0.927 bits per heavy atom. The minimum atomic E-state index is -0.659. The zero-order valence-electron chi connectivity index (χ0n) is 30.3. The molecule has 256 valence electrons. The average Bonchev–Trinajstić information content (AvgIpc) is 3.83. The Morgan fingerprint density at radius 3 is 1.65 bits per heavy atom. The van der Waals surface area contributed by atoms with Crippen LogP contribution in [-0.2, 0) is 10.8 Å². The molecule has 0 radical (unpaired) electrons. The van der Waals surface area contributed by atoms with Crippen molar-refractivity contribution in [3.63, 3.8) is 0 Å². The molecule has 3 aliphatic rings. The highest BCUT2D eigenvalue weighted by atomic mass is 14.9. The summed E-state index contributed by atoms with van der Waals surface area (Å²) in [5, 5.41) is 2.38. The first-order valence-electron chi connectivity index (χ1n) is 19.2. The molecule has 12 rings (SSSR count). The number of fused-ring (bicyclic) bond motifs is 14. The van der Waals surface area contributed by atoms with E-state index in [4.69, 9.17) is 9.97 Å². The fourth-order valence-corrected chi connectivity index (χ4v) is 10.4.